The predicted octanol–water partition coefficient (Wildman–Crippen LogP) is 2.93. The minimum absolute atomic E-state index is 0.0223. The first-order valence-electron chi connectivity index (χ1n) is 5.28. The van der Waals surface area contributed by atoms with E-state index in [0.29, 0.717) is 10.6 Å². The van der Waals surface area contributed by atoms with E-state index in [4.69, 9.17) is 21.4 Å². The molecule has 2 aromatic rings. The molecule has 98 valence electrons. The predicted molar refractivity (Wildman–Crippen MR) is 68.3 cm³/mol. The number of benzene rings is 1. The molecular formula is C12H9ClN2O4. The van der Waals surface area contributed by atoms with E-state index in [1.165, 1.54) is 24.4 Å². The highest BCUT2D eigenvalue weighted by Crippen LogP contribution is 2.34. The van der Waals surface area contributed by atoms with Gasteiger partial charge in [0.25, 0.3) is 0 Å². The minimum atomic E-state index is -0.576. The van der Waals surface area contributed by atoms with Gasteiger partial charge in [-0.05, 0) is 18.2 Å². The number of aliphatic hydroxyl groups excluding tert-OH is 1. The normalized spacial score (nSPS) is 10.2. The quantitative estimate of drug-likeness (QED) is 0.687. The second kappa shape index (κ2) is 5.64. The highest BCUT2D eigenvalue weighted by molar-refractivity contribution is 6.30. The number of aromatic nitrogens is 1. The summed E-state index contributed by atoms with van der Waals surface area (Å²) >= 11 is 5.79. The Morgan fingerprint density at radius 3 is 2.89 bits per heavy atom. The Morgan fingerprint density at radius 2 is 2.21 bits per heavy atom. The van der Waals surface area contributed by atoms with E-state index in [1.54, 1.807) is 12.1 Å². The summed E-state index contributed by atoms with van der Waals surface area (Å²) in [5.41, 5.74) is 0.204. The summed E-state index contributed by atoms with van der Waals surface area (Å²) in [6.45, 7) is -0.280. The molecule has 19 heavy (non-hydrogen) atoms. The molecule has 0 radical (unpaired) electrons. The second-order valence-corrected chi connectivity index (χ2v) is 4.03. The minimum Gasteiger partial charge on any atom is -0.431 e. The number of nitrogens with zero attached hydrogens (tertiary/aromatic N) is 2. The van der Waals surface area contributed by atoms with Crippen molar-refractivity contribution in [2.45, 2.75) is 6.61 Å². The largest absolute Gasteiger partial charge is 0.431 e. The zero-order valence-corrected chi connectivity index (χ0v) is 10.4. The smallest absolute Gasteiger partial charge is 0.311 e. The van der Waals surface area contributed by atoms with E-state index >= 15 is 0 Å². The molecule has 0 aliphatic carbocycles. The van der Waals surface area contributed by atoms with Gasteiger partial charge in [-0.25, -0.2) is 4.98 Å². The SMILES string of the molecule is O=[N+]([O-])c1ccc(Cl)cc1Oc1ncccc1CO. The molecule has 1 aromatic carbocycles. The third kappa shape index (κ3) is 2.98. The fourth-order valence-electron chi connectivity index (χ4n) is 1.46. The van der Waals surface area contributed by atoms with Crippen molar-refractivity contribution in [3.05, 3.63) is 57.2 Å². The van der Waals surface area contributed by atoms with Crippen LogP contribution in [-0.2, 0) is 6.61 Å². The van der Waals surface area contributed by atoms with Gasteiger partial charge >= 0.3 is 5.69 Å². The van der Waals surface area contributed by atoms with E-state index in [0.717, 1.165) is 0 Å². The third-order valence-corrected chi connectivity index (χ3v) is 2.58. The zero-order valence-electron chi connectivity index (χ0n) is 9.62. The summed E-state index contributed by atoms with van der Waals surface area (Å²) in [4.78, 5) is 14.2. The molecule has 0 fully saturated rings. The Kier molecular flexibility index (Phi) is 3.94. The molecule has 0 saturated heterocycles. The number of hydrogen-bond donors (Lipinski definition) is 1. The molecule has 0 amide bonds. The lowest BCUT2D eigenvalue weighted by Crippen LogP contribution is -1.97. The van der Waals surface area contributed by atoms with Crippen LogP contribution in [-0.4, -0.2) is 15.0 Å². The number of halogens is 1. The fourth-order valence-corrected chi connectivity index (χ4v) is 1.62. The van der Waals surface area contributed by atoms with Gasteiger partial charge < -0.3 is 9.84 Å². The highest BCUT2D eigenvalue weighted by Gasteiger charge is 2.17. The van der Waals surface area contributed by atoms with Crippen LogP contribution in [0.3, 0.4) is 0 Å². The first-order chi connectivity index (χ1) is 9.11. The molecule has 6 nitrogen and oxygen atoms in total. The first kappa shape index (κ1) is 13.3. The maximum absolute atomic E-state index is 10.9. The van der Waals surface area contributed by atoms with Crippen molar-refractivity contribution in [3.63, 3.8) is 0 Å². The summed E-state index contributed by atoms with van der Waals surface area (Å²) in [6, 6.07) is 7.22. The van der Waals surface area contributed by atoms with E-state index in [-0.39, 0.29) is 23.9 Å². The summed E-state index contributed by atoms with van der Waals surface area (Å²) in [5, 5.41) is 20.3. The summed E-state index contributed by atoms with van der Waals surface area (Å²) < 4.78 is 5.38. The molecule has 0 spiro atoms. The van der Waals surface area contributed by atoms with Crippen LogP contribution in [0.4, 0.5) is 5.69 Å². The van der Waals surface area contributed by atoms with Gasteiger partial charge in [-0.1, -0.05) is 11.6 Å². The number of aliphatic hydroxyl groups is 1. The fraction of sp³-hybridized carbons (Fsp3) is 0.0833. The Morgan fingerprint density at radius 1 is 1.42 bits per heavy atom. The molecule has 0 atom stereocenters. The van der Waals surface area contributed by atoms with Crippen molar-refractivity contribution in [1.82, 2.24) is 4.98 Å². The molecule has 0 aliphatic heterocycles. The van der Waals surface area contributed by atoms with Gasteiger partial charge in [0.2, 0.25) is 11.6 Å². The van der Waals surface area contributed by atoms with Gasteiger partial charge in [-0.2, -0.15) is 0 Å². The molecule has 1 aromatic heterocycles. The van der Waals surface area contributed by atoms with Crippen LogP contribution in [0, 0.1) is 10.1 Å². The van der Waals surface area contributed by atoms with Gasteiger partial charge in [0.05, 0.1) is 11.5 Å². The lowest BCUT2D eigenvalue weighted by atomic mass is 10.2. The van der Waals surface area contributed by atoms with Gasteiger partial charge in [-0.15, -0.1) is 0 Å². The van der Waals surface area contributed by atoms with Crippen molar-refractivity contribution in [1.29, 1.82) is 0 Å². The number of hydrogen-bond acceptors (Lipinski definition) is 5. The summed E-state index contributed by atoms with van der Waals surface area (Å²) in [7, 11) is 0. The number of pyridine rings is 1. The number of rotatable bonds is 4. The molecular weight excluding hydrogens is 272 g/mol. The Labute approximate surface area is 113 Å². The van der Waals surface area contributed by atoms with Crippen LogP contribution < -0.4 is 4.74 Å². The average molecular weight is 281 g/mol. The van der Waals surface area contributed by atoms with Gasteiger partial charge in [0.1, 0.15) is 0 Å². The van der Waals surface area contributed by atoms with Gasteiger partial charge in [0, 0.05) is 28.9 Å². The molecule has 0 bridgehead atoms. The molecule has 1 heterocycles. The Bertz CT molecular complexity index is 618. The zero-order chi connectivity index (χ0) is 13.8. The van der Waals surface area contributed by atoms with Crippen molar-refractivity contribution in [3.8, 4) is 11.6 Å². The standard InChI is InChI=1S/C12H9ClN2O4/c13-9-3-4-10(15(17)18)11(6-9)19-12-8(7-16)2-1-5-14-12/h1-6,16H,7H2. The van der Waals surface area contributed by atoms with E-state index in [2.05, 4.69) is 4.98 Å². The van der Waals surface area contributed by atoms with Crippen molar-refractivity contribution in [2.75, 3.05) is 0 Å². The van der Waals surface area contributed by atoms with Crippen LogP contribution in [0.1, 0.15) is 5.56 Å². The molecule has 0 aliphatic rings. The van der Waals surface area contributed by atoms with Crippen LogP contribution in [0.15, 0.2) is 36.5 Å². The summed E-state index contributed by atoms with van der Waals surface area (Å²) in [5.74, 6) is 0.0845. The maximum atomic E-state index is 10.9. The van der Waals surface area contributed by atoms with Gasteiger partial charge in [-0.3, -0.25) is 10.1 Å². The van der Waals surface area contributed by atoms with E-state index in [9.17, 15) is 10.1 Å². The molecule has 2 rings (SSSR count). The monoisotopic (exact) mass is 280 g/mol. The van der Waals surface area contributed by atoms with Crippen LogP contribution in [0.25, 0.3) is 0 Å². The summed E-state index contributed by atoms with van der Waals surface area (Å²) in [6.07, 6.45) is 1.46. The number of nitro benzene ring substituents is 1. The molecule has 0 unspecified atom stereocenters. The third-order valence-electron chi connectivity index (χ3n) is 2.35. The van der Waals surface area contributed by atoms with Crippen LogP contribution in [0.5, 0.6) is 11.6 Å². The van der Waals surface area contributed by atoms with Crippen molar-refractivity contribution < 1.29 is 14.8 Å². The van der Waals surface area contributed by atoms with E-state index in [1.807, 2.05) is 0 Å². The Hall–Kier alpha value is -2.18. The maximum Gasteiger partial charge on any atom is 0.311 e. The average Bonchev–Trinajstić information content (AvgIpc) is 2.39. The van der Waals surface area contributed by atoms with Crippen molar-refractivity contribution >= 4 is 17.3 Å². The molecule has 1 N–H and O–H groups in total. The molecule has 7 heteroatoms. The highest BCUT2D eigenvalue weighted by atomic mass is 35.5. The lowest BCUT2D eigenvalue weighted by molar-refractivity contribution is -0.385. The molecule has 0 saturated carbocycles. The lowest BCUT2D eigenvalue weighted by Gasteiger charge is -2.08. The van der Waals surface area contributed by atoms with Crippen molar-refractivity contribution in [2.24, 2.45) is 0 Å². The first-order valence-corrected chi connectivity index (χ1v) is 5.66. The van der Waals surface area contributed by atoms with E-state index < -0.39 is 4.92 Å². The topological polar surface area (TPSA) is 85.5 Å². The van der Waals surface area contributed by atoms with Crippen LogP contribution in [0.2, 0.25) is 5.02 Å². The van der Waals surface area contributed by atoms with Gasteiger partial charge in [0.15, 0.2) is 0 Å². The Balaban J connectivity index is 2.42. The number of ether oxygens (including phenoxy) is 1. The van der Waals surface area contributed by atoms with Crippen LogP contribution >= 0.6 is 11.6 Å². The second-order valence-electron chi connectivity index (χ2n) is 3.60. The number of nitro groups is 1.